The van der Waals surface area contributed by atoms with Gasteiger partial charge in [-0.15, -0.1) is 6.58 Å². The standard InChI is InChI=1S/C34H33N3O2/c1-2-10-29-13-6-9-16-32(29)39-24-23-37-31-15-8-7-14-30(31)36-33(37)21-22-35-34(38)25-26-17-19-28(20-18-26)27-11-4-3-5-12-27/h2-9,11-20H,1,10,21-25H2,(H,35,38). The van der Waals surface area contributed by atoms with Crippen molar-refractivity contribution in [1.82, 2.24) is 14.9 Å². The third-order valence-electron chi connectivity index (χ3n) is 6.74. The number of carbonyl (C=O) groups is 1. The van der Waals surface area contributed by atoms with Crippen LogP contribution in [0.4, 0.5) is 0 Å². The van der Waals surface area contributed by atoms with E-state index in [1.54, 1.807) is 0 Å². The highest BCUT2D eigenvalue weighted by molar-refractivity contribution is 5.79. The van der Waals surface area contributed by atoms with Gasteiger partial charge >= 0.3 is 0 Å². The number of nitrogens with one attached hydrogen (secondary N) is 1. The zero-order valence-corrected chi connectivity index (χ0v) is 22.1. The maximum absolute atomic E-state index is 12.7. The van der Waals surface area contributed by atoms with Gasteiger partial charge in [0.1, 0.15) is 18.2 Å². The molecule has 1 aromatic heterocycles. The Kier molecular flexibility index (Phi) is 8.49. The van der Waals surface area contributed by atoms with Crippen LogP contribution in [-0.4, -0.2) is 28.6 Å². The molecule has 39 heavy (non-hydrogen) atoms. The van der Waals surface area contributed by atoms with Crippen LogP contribution in [0.1, 0.15) is 17.0 Å². The smallest absolute Gasteiger partial charge is 0.224 e. The Morgan fingerprint density at radius 2 is 1.59 bits per heavy atom. The summed E-state index contributed by atoms with van der Waals surface area (Å²) in [6.07, 6.45) is 3.65. The minimum Gasteiger partial charge on any atom is -0.491 e. The lowest BCUT2D eigenvalue weighted by molar-refractivity contribution is -0.120. The second kappa shape index (κ2) is 12.7. The number of carbonyl (C=O) groups excluding carboxylic acids is 1. The number of hydrogen-bond acceptors (Lipinski definition) is 3. The molecule has 0 atom stereocenters. The van der Waals surface area contributed by atoms with Gasteiger partial charge in [-0.1, -0.05) is 91.0 Å². The molecule has 1 amide bonds. The SMILES string of the molecule is C=CCc1ccccc1OCCn1c(CCNC(=O)Cc2ccc(-c3ccccc3)cc2)nc2ccccc21. The summed E-state index contributed by atoms with van der Waals surface area (Å²) < 4.78 is 8.34. The van der Waals surface area contributed by atoms with Crippen LogP contribution in [-0.2, 0) is 30.6 Å². The Balaban J connectivity index is 1.18. The molecule has 0 saturated heterocycles. The summed E-state index contributed by atoms with van der Waals surface area (Å²) in [7, 11) is 0. The van der Waals surface area contributed by atoms with Crippen LogP contribution < -0.4 is 10.1 Å². The number of rotatable bonds is 12. The van der Waals surface area contributed by atoms with Crippen molar-refractivity contribution in [1.29, 1.82) is 0 Å². The fourth-order valence-corrected chi connectivity index (χ4v) is 4.79. The molecule has 0 spiro atoms. The van der Waals surface area contributed by atoms with Crippen LogP contribution >= 0.6 is 0 Å². The molecule has 5 rings (SSSR count). The molecule has 5 heteroatoms. The van der Waals surface area contributed by atoms with Crippen LogP contribution in [0.25, 0.3) is 22.2 Å². The molecule has 0 aliphatic heterocycles. The van der Waals surface area contributed by atoms with E-state index in [0.29, 0.717) is 32.5 Å². The van der Waals surface area contributed by atoms with Crippen molar-refractivity contribution in [3.8, 4) is 16.9 Å². The van der Waals surface area contributed by atoms with Crippen molar-refractivity contribution in [3.05, 3.63) is 133 Å². The minimum atomic E-state index is 0.00674. The lowest BCUT2D eigenvalue weighted by atomic mass is 10.0. The number of nitrogens with zero attached hydrogens (tertiary/aromatic N) is 2. The third kappa shape index (κ3) is 6.63. The second-order valence-electron chi connectivity index (χ2n) is 9.46. The predicted octanol–water partition coefficient (Wildman–Crippen LogP) is 6.41. The molecule has 0 fully saturated rings. The Hall–Kier alpha value is -4.64. The van der Waals surface area contributed by atoms with Crippen molar-refractivity contribution in [2.45, 2.75) is 25.8 Å². The highest BCUT2D eigenvalue weighted by Crippen LogP contribution is 2.21. The van der Waals surface area contributed by atoms with E-state index in [1.807, 2.05) is 72.8 Å². The van der Waals surface area contributed by atoms with Gasteiger partial charge in [-0.25, -0.2) is 4.98 Å². The molecule has 0 saturated carbocycles. The Morgan fingerprint density at radius 3 is 2.41 bits per heavy atom. The van der Waals surface area contributed by atoms with Crippen LogP contribution in [0.5, 0.6) is 5.75 Å². The van der Waals surface area contributed by atoms with Crippen molar-refractivity contribution >= 4 is 16.9 Å². The molecule has 4 aromatic carbocycles. The number of amides is 1. The second-order valence-corrected chi connectivity index (χ2v) is 9.46. The monoisotopic (exact) mass is 515 g/mol. The maximum atomic E-state index is 12.7. The quantitative estimate of drug-likeness (QED) is 0.195. The number of benzene rings is 4. The average molecular weight is 516 g/mol. The summed E-state index contributed by atoms with van der Waals surface area (Å²) in [6.45, 7) is 5.55. The molecule has 5 nitrogen and oxygen atoms in total. The van der Waals surface area contributed by atoms with Gasteiger partial charge in [0.15, 0.2) is 0 Å². The molecule has 1 heterocycles. The molecular formula is C34H33N3O2. The van der Waals surface area contributed by atoms with E-state index >= 15 is 0 Å². The zero-order valence-electron chi connectivity index (χ0n) is 22.1. The van der Waals surface area contributed by atoms with E-state index in [1.165, 1.54) is 5.56 Å². The number of fused-ring (bicyclic) bond motifs is 1. The van der Waals surface area contributed by atoms with Gasteiger partial charge in [0.2, 0.25) is 5.91 Å². The molecule has 196 valence electrons. The first-order valence-corrected chi connectivity index (χ1v) is 13.4. The highest BCUT2D eigenvalue weighted by Gasteiger charge is 2.12. The summed E-state index contributed by atoms with van der Waals surface area (Å²) in [5.74, 6) is 1.83. The first-order chi connectivity index (χ1) is 19.2. The summed E-state index contributed by atoms with van der Waals surface area (Å²) in [6, 6.07) is 34.6. The van der Waals surface area contributed by atoms with Crippen LogP contribution in [0, 0.1) is 0 Å². The number of imidazole rings is 1. The topological polar surface area (TPSA) is 56.1 Å². The average Bonchev–Trinajstić information content (AvgIpc) is 3.32. The van der Waals surface area contributed by atoms with Gasteiger partial charge in [-0.3, -0.25) is 4.79 Å². The number of para-hydroxylation sites is 3. The first-order valence-electron chi connectivity index (χ1n) is 13.4. The molecule has 5 aromatic rings. The van der Waals surface area contributed by atoms with E-state index in [2.05, 4.69) is 52.9 Å². The number of aromatic nitrogens is 2. The Labute approximate surface area is 229 Å². The molecule has 0 aliphatic carbocycles. The third-order valence-corrected chi connectivity index (χ3v) is 6.74. The maximum Gasteiger partial charge on any atom is 0.224 e. The minimum absolute atomic E-state index is 0.00674. The first kappa shape index (κ1) is 26.0. The molecule has 1 N–H and O–H groups in total. The van der Waals surface area contributed by atoms with Crippen molar-refractivity contribution in [3.63, 3.8) is 0 Å². The van der Waals surface area contributed by atoms with E-state index in [4.69, 9.17) is 9.72 Å². The lowest BCUT2D eigenvalue weighted by Crippen LogP contribution is -2.28. The van der Waals surface area contributed by atoms with E-state index in [9.17, 15) is 4.79 Å². The van der Waals surface area contributed by atoms with Gasteiger partial charge in [0.05, 0.1) is 24.0 Å². The van der Waals surface area contributed by atoms with Gasteiger partial charge in [0, 0.05) is 13.0 Å². The largest absolute Gasteiger partial charge is 0.491 e. The summed E-state index contributed by atoms with van der Waals surface area (Å²) in [4.78, 5) is 17.5. The van der Waals surface area contributed by atoms with Crippen molar-refractivity contribution in [2.24, 2.45) is 0 Å². The van der Waals surface area contributed by atoms with E-state index < -0.39 is 0 Å². The summed E-state index contributed by atoms with van der Waals surface area (Å²) >= 11 is 0. The fourth-order valence-electron chi connectivity index (χ4n) is 4.79. The predicted molar refractivity (Wildman–Crippen MR) is 158 cm³/mol. The number of allylic oxidation sites excluding steroid dienone is 1. The fraction of sp³-hybridized carbons (Fsp3) is 0.176. The molecule has 0 aliphatic rings. The Morgan fingerprint density at radius 1 is 0.872 bits per heavy atom. The van der Waals surface area contributed by atoms with Gasteiger partial charge in [0.25, 0.3) is 0 Å². The summed E-state index contributed by atoms with van der Waals surface area (Å²) in [5.41, 5.74) is 6.45. The summed E-state index contributed by atoms with van der Waals surface area (Å²) in [5, 5.41) is 3.07. The number of hydrogen-bond donors (Lipinski definition) is 1. The number of ether oxygens (including phenoxy) is 1. The van der Waals surface area contributed by atoms with Crippen LogP contribution in [0.15, 0.2) is 116 Å². The lowest BCUT2D eigenvalue weighted by Gasteiger charge is -2.13. The van der Waals surface area contributed by atoms with Crippen LogP contribution in [0.2, 0.25) is 0 Å². The van der Waals surface area contributed by atoms with E-state index in [0.717, 1.165) is 45.7 Å². The zero-order chi connectivity index (χ0) is 26.9. The molecule has 0 unspecified atom stereocenters. The van der Waals surface area contributed by atoms with Gasteiger partial charge < -0.3 is 14.6 Å². The van der Waals surface area contributed by atoms with Gasteiger partial charge in [-0.2, -0.15) is 0 Å². The highest BCUT2D eigenvalue weighted by atomic mass is 16.5. The molecule has 0 bridgehead atoms. The van der Waals surface area contributed by atoms with Crippen molar-refractivity contribution < 1.29 is 9.53 Å². The molecular weight excluding hydrogens is 482 g/mol. The van der Waals surface area contributed by atoms with Crippen molar-refractivity contribution in [2.75, 3.05) is 13.2 Å². The van der Waals surface area contributed by atoms with E-state index in [-0.39, 0.29) is 5.91 Å². The van der Waals surface area contributed by atoms with Gasteiger partial charge in [-0.05, 0) is 46.9 Å². The molecule has 0 radical (unpaired) electrons. The Bertz CT molecular complexity index is 1540. The van der Waals surface area contributed by atoms with Crippen LogP contribution in [0.3, 0.4) is 0 Å². The normalized spacial score (nSPS) is 10.9.